The molecule has 0 aliphatic carbocycles. The van der Waals surface area contributed by atoms with Gasteiger partial charge in [-0.3, -0.25) is 0 Å². The van der Waals surface area contributed by atoms with E-state index in [1.54, 1.807) is 0 Å². The third-order valence-electron chi connectivity index (χ3n) is 11.5. The van der Waals surface area contributed by atoms with Crippen molar-refractivity contribution in [3.05, 3.63) is 267 Å². The minimum atomic E-state index is 1.08. The van der Waals surface area contributed by atoms with Crippen LogP contribution in [0.15, 0.2) is 267 Å². The van der Waals surface area contributed by atoms with Gasteiger partial charge in [-0.25, -0.2) is 0 Å². The van der Waals surface area contributed by atoms with Gasteiger partial charge in [0.05, 0.1) is 5.69 Å². The lowest BCUT2D eigenvalue weighted by Gasteiger charge is -2.28. The molecule has 10 aromatic rings. The first-order valence-electron chi connectivity index (χ1n) is 21.2. The van der Waals surface area contributed by atoms with Crippen molar-refractivity contribution in [2.45, 2.75) is 0 Å². The maximum absolute atomic E-state index is 2.38. The monoisotopic (exact) mass is 792 g/mol. The van der Waals surface area contributed by atoms with Crippen LogP contribution in [0.3, 0.4) is 0 Å². The number of hydrogen-bond acceptors (Lipinski definition) is 2. The molecule has 10 rings (SSSR count). The number of nitrogens with zero attached hydrogens (tertiary/aromatic N) is 2. The summed E-state index contributed by atoms with van der Waals surface area (Å²) in [5.74, 6) is 0. The summed E-state index contributed by atoms with van der Waals surface area (Å²) in [6.45, 7) is 0. The molecule has 0 unspecified atom stereocenters. The average Bonchev–Trinajstić information content (AvgIpc) is 3.36. The van der Waals surface area contributed by atoms with E-state index in [4.69, 9.17) is 0 Å². The second kappa shape index (κ2) is 17.6. The van der Waals surface area contributed by atoms with E-state index in [0.717, 1.165) is 45.3 Å². The summed E-state index contributed by atoms with van der Waals surface area (Å²) in [6.07, 6.45) is 0. The molecule has 0 radical (unpaired) electrons. The predicted octanol–water partition coefficient (Wildman–Crippen LogP) is 17.0. The summed E-state index contributed by atoms with van der Waals surface area (Å²) >= 11 is 0. The Morgan fingerprint density at radius 1 is 0.177 bits per heavy atom. The summed E-state index contributed by atoms with van der Waals surface area (Å²) in [5.41, 5.74) is 18.4. The maximum atomic E-state index is 2.38. The quantitative estimate of drug-likeness (QED) is 0.129. The van der Waals surface area contributed by atoms with E-state index in [2.05, 4.69) is 277 Å². The summed E-state index contributed by atoms with van der Waals surface area (Å²) < 4.78 is 0. The van der Waals surface area contributed by atoms with Crippen molar-refractivity contribution >= 4 is 34.1 Å². The van der Waals surface area contributed by atoms with Crippen LogP contribution in [0.4, 0.5) is 34.1 Å². The zero-order chi connectivity index (χ0) is 41.5. The van der Waals surface area contributed by atoms with Gasteiger partial charge in [0.2, 0.25) is 0 Å². The van der Waals surface area contributed by atoms with Gasteiger partial charge in [0, 0.05) is 34.0 Å². The molecule has 2 heteroatoms. The zero-order valence-electron chi connectivity index (χ0n) is 34.3. The van der Waals surface area contributed by atoms with Gasteiger partial charge in [-0.05, 0) is 117 Å². The van der Waals surface area contributed by atoms with Crippen molar-refractivity contribution in [2.75, 3.05) is 9.80 Å². The fourth-order valence-electron chi connectivity index (χ4n) is 8.33. The SMILES string of the molecule is c1ccc(-c2ccc(N(c3ccc(-c4ccccc4)cc3)c3ccc(-c4cccc(N(c5ccc(-c6ccccc6)cc5)c5ccccc5-c5ccccc5)c4)cc3)cc2)cc1. The molecule has 0 aliphatic rings. The summed E-state index contributed by atoms with van der Waals surface area (Å²) in [5, 5.41) is 0. The van der Waals surface area contributed by atoms with Crippen molar-refractivity contribution in [2.24, 2.45) is 0 Å². The first-order chi connectivity index (χ1) is 30.7. The standard InChI is InChI=1S/C60H44N2/c1-5-16-45(17-6-1)48-28-36-54(37-29-48)61(55-38-30-49(31-39-55)46-18-7-2-8-19-46)56-40-34-51(35-41-56)53-24-15-25-58(44-53)62(57-42-32-50(33-43-57)47-20-9-3-10-21-47)60-27-14-13-26-59(60)52-22-11-4-12-23-52/h1-44H. The molecule has 62 heavy (non-hydrogen) atoms. The van der Waals surface area contributed by atoms with Crippen LogP contribution in [-0.4, -0.2) is 0 Å². The Labute approximate surface area is 364 Å². The van der Waals surface area contributed by atoms with E-state index in [0.29, 0.717) is 0 Å². The highest BCUT2D eigenvalue weighted by Crippen LogP contribution is 2.43. The molecule has 0 saturated carbocycles. The Balaban J connectivity index is 1.02. The van der Waals surface area contributed by atoms with Gasteiger partial charge >= 0.3 is 0 Å². The third-order valence-corrected chi connectivity index (χ3v) is 11.5. The van der Waals surface area contributed by atoms with E-state index in [1.807, 2.05) is 0 Å². The largest absolute Gasteiger partial charge is 0.311 e. The van der Waals surface area contributed by atoms with Crippen molar-refractivity contribution in [3.63, 3.8) is 0 Å². The fraction of sp³-hybridized carbons (Fsp3) is 0. The van der Waals surface area contributed by atoms with Crippen LogP contribution in [-0.2, 0) is 0 Å². The first-order valence-corrected chi connectivity index (χ1v) is 21.2. The minimum Gasteiger partial charge on any atom is -0.311 e. The lowest BCUT2D eigenvalue weighted by atomic mass is 9.99. The fourth-order valence-corrected chi connectivity index (χ4v) is 8.33. The van der Waals surface area contributed by atoms with Crippen LogP contribution in [0.5, 0.6) is 0 Å². The highest BCUT2D eigenvalue weighted by Gasteiger charge is 2.19. The van der Waals surface area contributed by atoms with Crippen LogP contribution in [0.25, 0.3) is 55.6 Å². The van der Waals surface area contributed by atoms with E-state index in [-0.39, 0.29) is 0 Å². The summed E-state index contributed by atoms with van der Waals surface area (Å²) in [4.78, 5) is 4.72. The molecule has 0 fully saturated rings. The predicted molar refractivity (Wildman–Crippen MR) is 263 cm³/mol. The van der Waals surface area contributed by atoms with Crippen molar-refractivity contribution < 1.29 is 0 Å². The van der Waals surface area contributed by atoms with Gasteiger partial charge < -0.3 is 9.80 Å². The van der Waals surface area contributed by atoms with Crippen LogP contribution in [0.2, 0.25) is 0 Å². The van der Waals surface area contributed by atoms with Crippen molar-refractivity contribution in [3.8, 4) is 55.6 Å². The van der Waals surface area contributed by atoms with E-state index >= 15 is 0 Å². The number of anilines is 6. The van der Waals surface area contributed by atoms with Crippen LogP contribution < -0.4 is 9.80 Å². The van der Waals surface area contributed by atoms with Gasteiger partial charge in [0.15, 0.2) is 0 Å². The Morgan fingerprint density at radius 3 is 0.903 bits per heavy atom. The number of para-hydroxylation sites is 1. The van der Waals surface area contributed by atoms with Gasteiger partial charge in [-0.2, -0.15) is 0 Å². The Kier molecular flexibility index (Phi) is 10.8. The highest BCUT2D eigenvalue weighted by atomic mass is 15.1. The Bertz CT molecular complexity index is 2920. The molecule has 0 heterocycles. The molecule has 2 nitrogen and oxygen atoms in total. The molecule has 294 valence electrons. The molecular formula is C60H44N2. The van der Waals surface area contributed by atoms with Crippen LogP contribution in [0, 0.1) is 0 Å². The molecule has 10 aromatic carbocycles. The van der Waals surface area contributed by atoms with Crippen LogP contribution in [0.1, 0.15) is 0 Å². The smallest absolute Gasteiger partial charge is 0.0540 e. The normalized spacial score (nSPS) is 10.9. The third kappa shape index (κ3) is 8.06. The van der Waals surface area contributed by atoms with Crippen molar-refractivity contribution in [1.29, 1.82) is 0 Å². The number of rotatable bonds is 11. The number of benzene rings is 10. The minimum absolute atomic E-state index is 1.08. The first kappa shape index (κ1) is 38.0. The lowest BCUT2D eigenvalue weighted by molar-refractivity contribution is 1.28. The Morgan fingerprint density at radius 2 is 0.484 bits per heavy atom. The van der Waals surface area contributed by atoms with Crippen molar-refractivity contribution in [1.82, 2.24) is 0 Å². The molecule has 0 aromatic heterocycles. The van der Waals surface area contributed by atoms with Gasteiger partial charge in [-0.1, -0.05) is 200 Å². The maximum Gasteiger partial charge on any atom is 0.0540 e. The molecule has 0 bridgehead atoms. The highest BCUT2D eigenvalue weighted by molar-refractivity contribution is 5.90. The molecule has 0 aliphatic heterocycles. The molecule has 0 spiro atoms. The van der Waals surface area contributed by atoms with Crippen LogP contribution >= 0.6 is 0 Å². The molecule has 0 N–H and O–H groups in total. The van der Waals surface area contributed by atoms with E-state index < -0.39 is 0 Å². The topological polar surface area (TPSA) is 6.48 Å². The van der Waals surface area contributed by atoms with Gasteiger partial charge in [-0.15, -0.1) is 0 Å². The molecule has 0 amide bonds. The van der Waals surface area contributed by atoms with E-state index in [9.17, 15) is 0 Å². The summed E-state index contributed by atoms with van der Waals surface area (Å²) in [6, 6.07) is 95.6. The Hall–Kier alpha value is -8.20. The lowest BCUT2D eigenvalue weighted by Crippen LogP contribution is -2.11. The molecule has 0 saturated heterocycles. The van der Waals surface area contributed by atoms with Gasteiger partial charge in [0.1, 0.15) is 0 Å². The summed E-state index contributed by atoms with van der Waals surface area (Å²) in [7, 11) is 0. The average molecular weight is 793 g/mol. The molecular weight excluding hydrogens is 749 g/mol. The second-order valence-corrected chi connectivity index (χ2v) is 15.4. The molecule has 0 atom stereocenters. The van der Waals surface area contributed by atoms with E-state index in [1.165, 1.54) is 44.5 Å². The van der Waals surface area contributed by atoms with Gasteiger partial charge in [0.25, 0.3) is 0 Å². The second-order valence-electron chi connectivity index (χ2n) is 15.4. The number of hydrogen-bond donors (Lipinski definition) is 0. The zero-order valence-corrected chi connectivity index (χ0v) is 34.3.